The Bertz CT molecular complexity index is 1100. The summed E-state index contributed by atoms with van der Waals surface area (Å²) in [6.07, 6.45) is 5.33. The van der Waals surface area contributed by atoms with E-state index in [2.05, 4.69) is 20.7 Å². The molecule has 0 fully saturated rings. The number of aryl methyl sites for hydroxylation is 1. The number of carbonyl (C=O) groups excluding carboxylic acids is 3. The Morgan fingerprint density at radius 1 is 1.16 bits per heavy atom. The molecule has 4 rings (SSSR count). The highest BCUT2D eigenvalue weighted by atomic mass is 16.2. The van der Waals surface area contributed by atoms with Gasteiger partial charge in [-0.2, -0.15) is 5.10 Å². The van der Waals surface area contributed by atoms with E-state index in [4.69, 9.17) is 5.73 Å². The zero-order chi connectivity index (χ0) is 21.8. The predicted molar refractivity (Wildman–Crippen MR) is 114 cm³/mol. The lowest BCUT2D eigenvalue weighted by Crippen LogP contribution is -2.47. The number of carbonyl (C=O) groups is 3. The Morgan fingerprint density at radius 3 is 2.71 bits per heavy atom. The van der Waals surface area contributed by atoms with Crippen molar-refractivity contribution in [2.24, 2.45) is 5.73 Å². The lowest BCUT2D eigenvalue weighted by atomic mass is 10.0. The molecule has 9 heteroatoms. The second-order valence-electron chi connectivity index (χ2n) is 7.28. The summed E-state index contributed by atoms with van der Waals surface area (Å²) in [5, 5.41) is 10.5. The molecule has 0 bridgehead atoms. The molecular weight excluding hydrogens is 396 g/mol. The van der Waals surface area contributed by atoms with E-state index in [1.807, 2.05) is 30.3 Å². The molecule has 158 valence electrons. The Morgan fingerprint density at radius 2 is 1.97 bits per heavy atom. The summed E-state index contributed by atoms with van der Waals surface area (Å²) in [5.41, 5.74) is 8.06. The molecule has 1 aromatic carbocycles. The number of hydrogen-bond acceptors (Lipinski definition) is 6. The second-order valence-corrected chi connectivity index (χ2v) is 7.28. The molecule has 0 radical (unpaired) electrons. The SMILES string of the molecule is NC(=O)C(=O)C(Cc1ccccc1)NC(=O)c1cccnc1-n1cc2c(n1)CCCN2. The molecule has 2 amide bonds. The van der Waals surface area contributed by atoms with Crippen molar-refractivity contribution in [1.82, 2.24) is 20.1 Å². The molecule has 0 spiro atoms. The average molecular weight is 418 g/mol. The molecule has 1 aliphatic rings. The van der Waals surface area contributed by atoms with Gasteiger partial charge in [0.25, 0.3) is 11.8 Å². The van der Waals surface area contributed by atoms with Crippen molar-refractivity contribution in [3.8, 4) is 5.82 Å². The minimum absolute atomic E-state index is 0.143. The third-order valence-corrected chi connectivity index (χ3v) is 5.09. The van der Waals surface area contributed by atoms with Crippen molar-refractivity contribution in [3.05, 3.63) is 71.7 Å². The van der Waals surface area contributed by atoms with E-state index in [0.29, 0.717) is 5.82 Å². The number of benzene rings is 1. The number of fused-ring (bicyclic) bond motifs is 1. The fourth-order valence-corrected chi connectivity index (χ4v) is 3.55. The Balaban J connectivity index is 1.61. The monoisotopic (exact) mass is 418 g/mol. The highest BCUT2D eigenvalue weighted by Gasteiger charge is 2.27. The molecule has 2 aromatic heterocycles. The molecular formula is C22H22N6O3. The predicted octanol–water partition coefficient (Wildman–Crippen LogP) is 1.02. The van der Waals surface area contributed by atoms with Gasteiger partial charge >= 0.3 is 0 Å². The number of nitrogens with zero attached hydrogens (tertiary/aromatic N) is 3. The molecule has 3 heterocycles. The summed E-state index contributed by atoms with van der Waals surface area (Å²) >= 11 is 0. The number of primary amides is 1. The average Bonchev–Trinajstić information content (AvgIpc) is 3.23. The van der Waals surface area contributed by atoms with Gasteiger partial charge in [-0.05, 0) is 30.5 Å². The highest BCUT2D eigenvalue weighted by molar-refractivity contribution is 6.38. The molecule has 4 N–H and O–H groups in total. The van der Waals surface area contributed by atoms with E-state index in [9.17, 15) is 14.4 Å². The normalized spacial score (nSPS) is 13.5. The molecule has 0 saturated heterocycles. The van der Waals surface area contributed by atoms with Gasteiger partial charge in [-0.15, -0.1) is 0 Å². The maximum absolute atomic E-state index is 13.1. The molecule has 0 aliphatic carbocycles. The highest BCUT2D eigenvalue weighted by Crippen LogP contribution is 2.22. The molecule has 0 saturated carbocycles. The van der Waals surface area contributed by atoms with Crippen LogP contribution in [0.25, 0.3) is 5.82 Å². The zero-order valence-corrected chi connectivity index (χ0v) is 16.7. The number of ketones is 1. The summed E-state index contributed by atoms with van der Waals surface area (Å²) in [6.45, 7) is 0.866. The van der Waals surface area contributed by atoms with Crippen LogP contribution in [-0.2, 0) is 22.4 Å². The van der Waals surface area contributed by atoms with Crippen LogP contribution < -0.4 is 16.4 Å². The molecule has 9 nitrogen and oxygen atoms in total. The topological polar surface area (TPSA) is 132 Å². The first-order valence-electron chi connectivity index (χ1n) is 9.99. The van der Waals surface area contributed by atoms with Crippen LogP contribution in [0.4, 0.5) is 5.69 Å². The second kappa shape index (κ2) is 8.78. The number of nitrogens with two attached hydrogens (primary N) is 1. The number of pyridine rings is 1. The van der Waals surface area contributed by atoms with Gasteiger partial charge in [0, 0.05) is 19.2 Å². The van der Waals surface area contributed by atoms with E-state index in [0.717, 1.165) is 36.3 Å². The maximum atomic E-state index is 13.1. The zero-order valence-electron chi connectivity index (χ0n) is 16.7. The number of hydrogen-bond donors (Lipinski definition) is 3. The van der Waals surface area contributed by atoms with Crippen molar-refractivity contribution in [3.63, 3.8) is 0 Å². The first kappa shape index (κ1) is 20.3. The van der Waals surface area contributed by atoms with Crippen LogP contribution in [0, 0.1) is 0 Å². The smallest absolute Gasteiger partial charge is 0.287 e. The van der Waals surface area contributed by atoms with E-state index >= 15 is 0 Å². The van der Waals surface area contributed by atoms with Crippen LogP contribution in [-0.4, -0.2) is 44.9 Å². The van der Waals surface area contributed by atoms with Crippen molar-refractivity contribution in [1.29, 1.82) is 0 Å². The molecule has 3 aromatic rings. The van der Waals surface area contributed by atoms with Gasteiger partial charge in [-0.3, -0.25) is 14.4 Å². The lowest BCUT2D eigenvalue weighted by molar-refractivity contribution is -0.137. The van der Waals surface area contributed by atoms with Crippen LogP contribution in [0.3, 0.4) is 0 Å². The Labute approximate surface area is 178 Å². The van der Waals surface area contributed by atoms with Crippen LogP contribution in [0.5, 0.6) is 0 Å². The standard InChI is InChI=1S/C22H22N6O3/c23-20(30)19(29)17(12-14-6-2-1-3-7-14)26-22(31)15-8-4-11-25-21(15)28-13-18-16(27-28)9-5-10-24-18/h1-4,6-8,11,13,17,24H,5,9-10,12H2,(H2,23,30)(H,26,31). The third kappa shape index (κ3) is 4.45. The number of aromatic nitrogens is 3. The van der Waals surface area contributed by atoms with Crippen molar-refractivity contribution >= 4 is 23.3 Å². The van der Waals surface area contributed by atoms with E-state index in [-0.39, 0.29) is 12.0 Å². The quantitative estimate of drug-likeness (QED) is 0.491. The number of nitrogens with one attached hydrogen (secondary N) is 2. The van der Waals surface area contributed by atoms with Gasteiger partial charge in [-0.1, -0.05) is 30.3 Å². The van der Waals surface area contributed by atoms with Gasteiger partial charge < -0.3 is 16.4 Å². The minimum Gasteiger partial charge on any atom is -0.382 e. The number of amides is 2. The molecule has 1 atom stereocenters. The van der Waals surface area contributed by atoms with Gasteiger partial charge in [-0.25, -0.2) is 9.67 Å². The van der Waals surface area contributed by atoms with Crippen molar-refractivity contribution in [2.45, 2.75) is 25.3 Å². The van der Waals surface area contributed by atoms with E-state index in [1.54, 1.807) is 29.2 Å². The first-order chi connectivity index (χ1) is 15.0. The molecule has 1 aliphatic heterocycles. The van der Waals surface area contributed by atoms with Gasteiger partial charge in [0.1, 0.15) is 6.04 Å². The number of rotatable bonds is 7. The summed E-state index contributed by atoms with van der Waals surface area (Å²) in [4.78, 5) is 41.3. The fraction of sp³-hybridized carbons (Fsp3) is 0.227. The van der Waals surface area contributed by atoms with Crippen LogP contribution in [0.2, 0.25) is 0 Å². The summed E-state index contributed by atoms with van der Waals surface area (Å²) in [7, 11) is 0. The van der Waals surface area contributed by atoms with Crippen molar-refractivity contribution < 1.29 is 14.4 Å². The molecule has 1 unspecified atom stereocenters. The van der Waals surface area contributed by atoms with Crippen LogP contribution in [0.1, 0.15) is 28.0 Å². The molecule has 31 heavy (non-hydrogen) atoms. The van der Waals surface area contributed by atoms with Gasteiger partial charge in [0.2, 0.25) is 5.78 Å². The lowest BCUT2D eigenvalue weighted by Gasteiger charge is -2.17. The van der Waals surface area contributed by atoms with Gasteiger partial charge in [0.15, 0.2) is 5.82 Å². The minimum atomic E-state index is -1.10. The third-order valence-electron chi connectivity index (χ3n) is 5.09. The van der Waals surface area contributed by atoms with Gasteiger partial charge in [0.05, 0.1) is 23.1 Å². The van der Waals surface area contributed by atoms with Crippen LogP contribution >= 0.6 is 0 Å². The van der Waals surface area contributed by atoms with E-state index in [1.165, 1.54) is 0 Å². The first-order valence-corrected chi connectivity index (χ1v) is 9.99. The summed E-state index contributed by atoms with van der Waals surface area (Å²) in [5.74, 6) is -2.17. The van der Waals surface area contributed by atoms with Crippen LogP contribution in [0.15, 0.2) is 54.9 Å². The number of anilines is 1. The Hall–Kier alpha value is -4.01. The largest absolute Gasteiger partial charge is 0.382 e. The summed E-state index contributed by atoms with van der Waals surface area (Å²) in [6, 6.07) is 11.2. The summed E-state index contributed by atoms with van der Waals surface area (Å²) < 4.78 is 1.56. The maximum Gasteiger partial charge on any atom is 0.287 e. The Kier molecular flexibility index (Phi) is 5.74. The van der Waals surface area contributed by atoms with Crippen molar-refractivity contribution in [2.75, 3.05) is 11.9 Å². The fourth-order valence-electron chi connectivity index (χ4n) is 3.55. The van der Waals surface area contributed by atoms with E-state index < -0.39 is 23.6 Å². The number of Topliss-reactive ketones (excluding diaryl/α,β-unsaturated/α-hetero) is 1.